The van der Waals surface area contributed by atoms with Gasteiger partial charge in [-0.15, -0.1) is 0 Å². The van der Waals surface area contributed by atoms with Gasteiger partial charge in [0.2, 0.25) is 0 Å². The molecule has 0 aromatic heterocycles. The average molecular weight is 268 g/mol. The van der Waals surface area contributed by atoms with Crippen LogP contribution in [0.15, 0.2) is 0 Å². The van der Waals surface area contributed by atoms with Crippen LogP contribution in [0.25, 0.3) is 0 Å². The predicted octanol–water partition coefficient (Wildman–Crippen LogP) is 2.02. The van der Waals surface area contributed by atoms with E-state index in [1.54, 1.807) is 0 Å². The molecule has 0 saturated heterocycles. The fourth-order valence-corrected chi connectivity index (χ4v) is 0.960. The molecule has 6 nitrogen and oxygen atoms in total. The molecule has 0 aliphatic carbocycles. The lowest BCUT2D eigenvalue weighted by Gasteiger charge is -2.27. The van der Waals surface area contributed by atoms with Gasteiger partial charge in [-0.3, -0.25) is 0 Å². The fourth-order valence-electron chi connectivity index (χ4n) is 0.960. The summed E-state index contributed by atoms with van der Waals surface area (Å²) in [5, 5.41) is 2.12. The lowest BCUT2D eigenvalue weighted by Crippen LogP contribution is -2.37. The minimum atomic E-state index is -3.37. The second-order valence-corrected chi connectivity index (χ2v) is 4.12. The van der Waals surface area contributed by atoms with Crippen LogP contribution in [-0.4, -0.2) is 31.4 Å². The summed E-state index contributed by atoms with van der Waals surface area (Å²) in [6.07, 6.45) is -8.90. The highest BCUT2D eigenvalue weighted by Gasteiger charge is 2.27. The van der Waals surface area contributed by atoms with E-state index in [2.05, 4.69) is 10.1 Å². The van der Waals surface area contributed by atoms with E-state index in [0.717, 1.165) is 6.92 Å². The molecule has 0 radical (unpaired) electrons. The van der Waals surface area contributed by atoms with Crippen LogP contribution < -0.4 is 11.1 Å². The molecular formula is C12H24N2O4. The number of rotatable bonds is 7. The van der Waals surface area contributed by atoms with Crippen molar-refractivity contribution >= 4 is 12.2 Å². The van der Waals surface area contributed by atoms with Crippen molar-refractivity contribution in [2.24, 2.45) is 11.1 Å². The van der Waals surface area contributed by atoms with Gasteiger partial charge in [0.25, 0.3) is 0 Å². The van der Waals surface area contributed by atoms with Crippen molar-refractivity contribution < 1.29 is 30.0 Å². The number of ether oxygens (including phenoxy) is 2. The molecule has 0 rings (SSSR count). The summed E-state index contributed by atoms with van der Waals surface area (Å²) in [6, 6.07) is -1.40. The van der Waals surface area contributed by atoms with Gasteiger partial charge >= 0.3 is 12.2 Å². The Morgan fingerprint density at radius 3 is 2.61 bits per heavy atom. The van der Waals surface area contributed by atoms with Crippen LogP contribution in [-0.2, 0) is 9.47 Å². The third-order valence-electron chi connectivity index (χ3n) is 1.77. The molecular weight excluding hydrogens is 236 g/mol. The molecule has 0 bridgehead atoms. The first-order valence-electron chi connectivity index (χ1n) is 9.14. The Balaban J connectivity index is 5.68. The molecule has 1 atom stereocenters. The second-order valence-electron chi connectivity index (χ2n) is 4.12. The molecule has 0 fully saturated rings. The standard InChI is InChI=1S/C12H24N2O4/c1-5-6-12(4,7-17-10(13)15)8-18-11(16)14-9(2)3/h9H,5-8H2,1-4H3,(H2,13,15)(H,14,16)/i1D3,5D2,6D2,9D. The zero-order valence-corrected chi connectivity index (χ0v) is 10.6. The van der Waals surface area contributed by atoms with Gasteiger partial charge < -0.3 is 20.5 Å². The summed E-state index contributed by atoms with van der Waals surface area (Å²) in [6.45, 7) is -1.30. The van der Waals surface area contributed by atoms with E-state index in [-0.39, 0.29) is 0 Å². The van der Waals surface area contributed by atoms with Gasteiger partial charge in [0.15, 0.2) is 0 Å². The van der Waals surface area contributed by atoms with Crippen LogP contribution in [0.2, 0.25) is 0 Å². The Morgan fingerprint density at radius 1 is 1.50 bits per heavy atom. The number of carbonyl (C=O) groups excluding carboxylic acids is 2. The average Bonchev–Trinajstić information content (AvgIpc) is 2.39. The zero-order chi connectivity index (χ0) is 21.2. The molecule has 0 aliphatic rings. The fraction of sp³-hybridized carbons (Fsp3) is 0.833. The molecule has 2 amide bonds. The van der Waals surface area contributed by atoms with E-state index < -0.39 is 56.4 Å². The Kier molecular flexibility index (Phi) is 3.12. The monoisotopic (exact) mass is 268 g/mol. The molecule has 106 valence electrons. The van der Waals surface area contributed by atoms with Crippen LogP contribution in [0.4, 0.5) is 9.59 Å². The van der Waals surface area contributed by atoms with E-state index in [1.165, 1.54) is 13.8 Å². The summed E-state index contributed by atoms with van der Waals surface area (Å²) in [7, 11) is 0. The van der Waals surface area contributed by atoms with E-state index in [4.69, 9.17) is 21.4 Å². The van der Waals surface area contributed by atoms with Crippen LogP contribution in [0.1, 0.15) is 51.3 Å². The van der Waals surface area contributed by atoms with E-state index in [0.29, 0.717) is 0 Å². The van der Waals surface area contributed by atoms with Crippen molar-refractivity contribution in [2.75, 3.05) is 13.2 Å². The number of amides is 2. The Morgan fingerprint density at radius 2 is 2.11 bits per heavy atom. The lowest BCUT2D eigenvalue weighted by molar-refractivity contribution is 0.0333. The molecule has 0 aromatic rings. The highest BCUT2D eigenvalue weighted by Crippen LogP contribution is 2.24. The Hall–Kier alpha value is -1.46. The first kappa shape index (κ1) is 7.21. The van der Waals surface area contributed by atoms with Gasteiger partial charge in [0.05, 0.1) is 1.37 Å². The first-order chi connectivity index (χ1) is 11.3. The van der Waals surface area contributed by atoms with Gasteiger partial charge in [-0.25, -0.2) is 9.59 Å². The molecule has 18 heavy (non-hydrogen) atoms. The van der Waals surface area contributed by atoms with Crippen molar-refractivity contribution in [1.29, 1.82) is 0 Å². The third-order valence-corrected chi connectivity index (χ3v) is 1.77. The Bertz CT molecular complexity index is 532. The van der Waals surface area contributed by atoms with Crippen LogP contribution in [0, 0.1) is 5.41 Å². The minimum Gasteiger partial charge on any atom is -0.449 e. The summed E-state index contributed by atoms with van der Waals surface area (Å²) in [5.41, 5.74) is 2.75. The van der Waals surface area contributed by atoms with Crippen LogP contribution in [0.3, 0.4) is 0 Å². The van der Waals surface area contributed by atoms with Gasteiger partial charge in [-0.1, -0.05) is 20.1 Å². The van der Waals surface area contributed by atoms with Gasteiger partial charge in [0.1, 0.15) is 13.2 Å². The van der Waals surface area contributed by atoms with E-state index >= 15 is 0 Å². The smallest absolute Gasteiger partial charge is 0.407 e. The maximum atomic E-state index is 11.7. The van der Waals surface area contributed by atoms with E-state index in [9.17, 15) is 9.59 Å². The van der Waals surface area contributed by atoms with Crippen molar-refractivity contribution in [3.05, 3.63) is 0 Å². The topological polar surface area (TPSA) is 90.7 Å². The molecule has 6 heteroatoms. The molecule has 1 unspecified atom stereocenters. The van der Waals surface area contributed by atoms with Crippen molar-refractivity contribution in [1.82, 2.24) is 5.32 Å². The number of primary amides is 1. The molecule has 3 N–H and O–H groups in total. The summed E-state index contributed by atoms with van der Waals surface area (Å²) in [4.78, 5) is 22.6. The minimum absolute atomic E-state index is 0.842. The molecule has 0 saturated carbocycles. The van der Waals surface area contributed by atoms with Crippen molar-refractivity contribution in [2.45, 2.75) is 46.4 Å². The first-order valence-corrected chi connectivity index (χ1v) is 5.14. The predicted molar refractivity (Wildman–Crippen MR) is 68.2 cm³/mol. The van der Waals surface area contributed by atoms with Crippen molar-refractivity contribution in [3.63, 3.8) is 0 Å². The lowest BCUT2D eigenvalue weighted by atomic mass is 9.87. The molecule has 0 aliphatic heterocycles. The normalized spacial score (nSPS) is 23.3. The highest BCUT2D eigenvalue weighted by atomic mass is 16.6. The second kappa shape index (κ2) is 7.79. The number of hydrogen-bond donors (Lipinski definition) is 2. The molecule has 0 heterocycles. The maximum Gasteiger partial charge on any atom is 0.407 e. The number of nitrogens with two attached hydrogens (primary N) is 1. The SMILES string of the molecule is [2H]C(C)(C)NC(=O)OCC(C)(COC(N)=O)C([2H])([2H])C([2H])([2H])C([2H])([2H])[2H]. The zero-order valence-electron chi connectivity index (χ0n) is 18.6. The van der Waals surface area contributed by atoms with Crippen LogP contribution >= 0.6 is 0 Å². The Labute approximate surface area is 119 Å². The van der Waals surface area contributed by atoms with Crippen molar-refractivity contribution in [3.8, 4) is 0 Å². The van der Waals surface area contributed by atoms with Gasteiger partial charge in [-0.05, 0) is 20.2 Å². The highest BCUT2D eigenvalue weighted by molar-refractivity contribution is 5.67. The number of nitrogens with one attached hydrogen (secondary N) is 1. The van der Waals surface area contributed by atoms with Gasteiger partial charge in [0, 0.05) is 21.0 Å². The quantitative estimate of drug-likeness (QED) is 0.739. The number of carbonyl (C=O) groups is 2. The number of hydrogen-bond acceptors (Lipinski definition) is 4. The molecule has 0 aromatic carbocycles. The molecule has 0 spiro atoms. The maximum absolute atomic E-state index is 11.7. The van der Waals surface area contributed by atoms with Crippen LogP contribution in [0.5, 0.6) is 0 Å². The third kappa shape index (κ3) is 7.76. The summed E-state index contributed by atoms with van der Waals surface area (Å²) in [5.74, 6) is 0. The number of alkyl carbamates (subject to hydrolysis) is 1. The van der Waals surface area contributed by atoms with Gasteiger partial charge in [-0.2, -0.15) is 0 Å². The summed E-state index contributed by atoms with van der Waals surface area (Å²) < 4.78 is 70.2. The summed E-state index contributed by atoms with van der Waals surface area (Å²) >= 11 is 0. The largest absolute Gasteiger partial charge is 0.449 e. The van der Waals surface area contributed by atoms with E-state index in [1.807, 2.05) is 0 Å².